The first-order valence-electron chi connectivity index (χ1n) is 5.98. The van der Waals surface area contributed by atoms with Crippen LogP contribution in [0.5, 0.6) is 0 Å². The number of thiophene rings is 1. The average Bonchev–Trinajstić information content (AvgIpc) is 2.64. The topological polar surface area (TPSA) is 72.2 Å². The van der Waals surface area contributed by atoms with Crippen LogP contribution in [0.3, 0.4) is 0 Å². The Morgan fingerprint density at radius 3 is 2.24 bits per heavy atom. The predicted octanol–water partition coefficient (Wildman–Crippen LogP) is 2.99. The molecule has 0 unspecified atom stereocenters. The van der Waals surface area contributed by atoms with Crippen molar-refractivity contribution in [2.75, 3.05) is 5.32 Å². The number of hydrogen-bond acceptors (Lipinski definition) is 3. The summed E-state index contributed by atoms with van der Waals surface area (Å²) in [6.45, 7) is 3.44. The third-order valence-electron chi connectivity index (χ3n) is 3.05. The molecule has 2 rings (SSSR count). The molecule has 7 heteroatoms. The van der Waals surface area contributed by atoms with Crippen LogP contribution < -0.4 is 11.1 Å². The van der Waals surface area contributed by atoms with E-state index in [0.29, 0.717) is 5.56 Å². The molecule has 0 spiro atoms. The molecule has 4 nitrogen and oxygen atoms in total. The van der Waals surface area contributed by atoms with Crippen molar-refractivity contribution in [3.8, 4) is 0 Å². The maximum Gasteiger partial charge on any atom is 0.262 e. The van der Waals surface area contributed by atoms with E-state index in [1.54, 1.807) is 13.8 Å². The van der Waals surface area contributed by atoms with Gasteiger partial charge in [-0.25, -0.2) is 8.78 Å². The van der Waals surface area contributed by atoms with Gasteiger partial charge in [0.2, 0.25) is 0 Å². The normalized spacial score (nSPS) is 10.5. The van der Waals surface area contributed by atoms with Gasteiger partial charge in [0.15, 0.2) is 0 Å². The molecule has 0 bridgehead atoms. The van der Waals surface area contributed by atoms with Crippen molar-refractivity contribution < 1.29 is 18.4 Å². The van der Waals surface area contributed by atoms with Gasteiger partial charge in [0.05, 0.1) is 5.56 Å². The van der Waals surface area contributed by atoms with Gasteiger partial charge in [-0.15, -0.1) is 11.3 Å². The average molecular weight is 310 g/mol. The molecule has 1 aromatic carbocycles. The first-order valence-corrected chi connectivity index (χ1v) is 6.79. The van der Waals surface area contributed by atoms with Crippen LogP contribution in [0.25, 0.3) is 0 Å². The van der Waals surface area contributed by atoms with E-state index in [1.807, 2.05) is 0 Å². The van der Waals surface area contributed by atoms with Crippen LogP contribution in [0, 0.1) is 25.5 Å². The van der Waals surface area contributed by atoms with E-state index >= 15 is 0 Å². The van der Waals surface area contributed by atoms with Gasteiger partial charge < -0.3 is 11.1 Å². The zero-order valence-corrected chi connectivity index (χ0v) is 12.1. The summed E-state index contributed by atoms with van der Waals surface area (Å²) in [5.74, 6) is -3.62. The summed E-state index contributed by atoms with van der Waals surface area (Å²) in [5.41, 5.74) is 5.36. The molecule has 1 aromatic heterocycles. The fraction of sp³-hybridized carbons (Fsp3) is 0.143. The number of amides is 2. The number of anilines is 1. The lowest BCUT2D eigenvalue weighted by molar-refractivity contribution is 0.100. The maximum atomic E-state index is 13.6. The molecule has 21 heavy (non-hydrogen) atoms. The van der Waals surface area contributed by atoms with Gasteiger partial charge in [-0.3, -0.25) is 9.59 Å². The van der Waals surface area contributed by atoms with E-state index in [2.05, 4.69) is 5.32 Å². The van der Waals surface area contributed by atoms with Gasteiger partial charge in [-0.2, -0.15) is 0 Å². The number of rotatable bonds is 3. The minimum Gasteiger partial charge on any atom is -0.365 e. The molecule has 0 atom stereocenters. The minimum absolute atomic E-state index is 0.155. The SMILES string of the molecule is Cc1sc(NC(=O)c2c(F)cccc2F)c(C(N)=O)c1C. The van der Waals surface area contributed by atoms with Crippen molar-refractivity contribution in [3.63, 3.8) is 0 Å². The molecular weight excluding hydrogens is 298 g/mol. The van der Waals surface area contributed by atoms with Crippen molar-refractivity contribution in [2.45, 2.75) is 13.8 Å². The predicted molar refractivity (Wildman–Crippen MR) is 76.6 cm³/mol. The molecule has 3 N–H and O–H groups in total. The summed E-state index contributed by atoms with van der Waals surface area (Å²) in [6, 6.07) is 3.13. The molecule has 0 fully saturated rings. The first kappa shape index (κ1) is 15.1. The Labute approximate surface area is 123 Å². The third-order valence-corrected chi connectivity index (χ3v) is 4.17. The Morgan fingerprint density at radius 1 is 1.14 bits per heavy atom. The number of nitrogens with two attached hydrogens (primary N) is 1. The highest BCUT2D eigenvalue weighted by atomic mass is 32.1. The summed E-state index contributed by atoms with van der Waals surface area (Å²) >= 11 is 1.13. The van der Waals surface area contributed by atoms with Gasteiger partial charge >= 0.3 is 0 Å². The molecule has 2 amide bonds. The van der Waals surface area contributed by atoms with Gasteiger partial charge in [0.1, 0.15) is 22.2 Å². The van der Waals surface area contributed by atoms with E-state index in [9.17, 15) is 18.4 Å². The lowest BCUT2D eigenvalue weighted by atomic mass is 10.1. The zero-order chi connectivity index (χ0) is 15.7. The molecule has 0 saturated heterocycles. The van der Waals surface area contributed by atoms with Crippen LogP contribution in [0.15, 0.2) is 18.2 Å². The molecular formula is C14H12F2N2O2S. The molecule has 0 saturated carbocycles. The third kappa shape index (κ3) is 2.78. The Morgan fingerprint density at radius 2 is 1.71 bits per heavy atom. The van der Waals surface area contributed by atoms with Crippen molar-refractivity contribution in [1.82, 2.24) is 0 Å². The number of nitrogens with one attached hydrogen (secondary N) is 1. The minimum atomic E-state index is -0.974. The second-order valence-electron chi connectivity index (χ2n) is 4.40. The Bertz CT molecular complexity index is 721. The highest BCUT2D eigenvalue weighted by molar-refractivity contribution is 7.16. The van der Waals surface area contributed by atoms with Crippen molar-refractivity contribution >= 4 is 28.2 Å². The number of carbonyl (C=O) groups is 2. The standard InChI is InChI=1S/C14H12F2N2O2S/c1-6-7(2)21-14(10(6)12(17)19)18-13(20)11-8(15)4-3-5-9(11)16/h3-5H,1-2H3,(H2,17,19)(H,18,20). The number of aryl methyl sites for hydroxylation is 1. The van der Waals surface area contributed by atoms with Crippen molar-refractivity contribution in [2.24, 2.45) is 5.73 Å². The molecule has 110 valence electrons. The van der Waals surface area contributed by atoms with E-state index < -0.39 is 29.0 Å². The van der Waals surface area contributed by atoms with E-state index in [1.165, 1.54) is 0 Å². The lowest BCUT2D eigenvalue weighted by Crippen LogP contribution is -2.19. The summed E-state index contributed by atoms with van der Waals surface area (Å²) in [4.78, 5) is 24.2. The Kier molecular flexibility index (Phi) is 4.04. The van der Waals surface area contributed by atoms with Gasteiger partial charge in [0.25, 0.3) is 11.8 Å². The Hall–Kier alpha value is -2.28. The number of halogens is 2. The van der Waals surface area contributed by atoms with Crippen LogP contribution in [0.4, 0.5) is 13.8 Å². The summed E-state index contributed by atoms with van der Waals surface area (Å²) in [6.07, 6.45) is 0. The van der Waals surface area contributed by atoms with Crippen LogP contribution in [-0.2, 0) is 0 Å². The number of hydrogen-bond donors (Lipinski definition) is 2. The van der Waals surface area contributed by atoms with Crippen molar-refractivity contribution in [3.05, 3.63) is 51.4 Å². The van der Waals surface area contributed by atoms with Gasteiger partial charge in [-0.1, -0.05) is 6.07 Å². The highest BCUT2D eigenvalue weighted by Gasteiger charge is 2.22. The monoisotopic (exact) mass is 310 g/mol. The second kappa shape index (κ2) is 5.61. The van der Waals surface area contributed by atoms with Crippen LogP contribution in [0.1, 0.15) is 31.2 Å². The van der Waals surface area contributed by atoms with Crippen molar-refractivity contribution in [1.29, 1.82) is 0 Å². The van der Waals surface area contributed by atoms with E-state index in [4.69, 9.17) is 5.73 Å². The second-order valence-corrected chi connectivity index (χ2v) is 5.63. The van der Waals surface area contributed by atoms with Crippen LogP contribution in [-0.4, -0.2) is 11.8 Å². The molecule has 0 aliphatic heterocycles. The summed E-state index contributed by atoms with van der Waals surface area (Å²) in [5, 5.41) is 2.54. The molecule has 2 aromatic rings. The zero-order valence-electron chi connectivity index (χ0n) is 11.3. The Balaban J connectivity index is 2.41. The number of primary amides is 1. The number of benzene rings is 1. The quantitative estimate of drug-likeness (QED) is 0.914. The summed E-state index contributed by atoms with van der Waals surface area (Å²) < 4.78 is 27.1. The van der Waals surface area contributed by atoms with E-state index in [-0.39, 0.29) is 10.6 Å². The smallest absolute Gasteiger partial charge is 0.262 e. The lowest BCUT2D eigenvalue weighted by Gasteiger charge is -2.07. The fourth-order valence-corrected chi connectivity index (χ4v) is 2.95. The number of carbonyl (C=O) groups excluding carboxylic acids is 2. The largest absolute Gasteiger partial charge is 0.365 e. The molecule has 0 aliphatic carbocycles. The van der Waals surface area contributed by atoms with Gasteiger partial charge in [-0.05, 0) is 31.5 Å². The molecule has 0 aliphatic rings. The van der Waals surface area contributed by atoms with E-state index in [0.717, 1.165) is 34.4 Å². The van der Waals surface area contributed by atoms with Crippen LogP contribution >= 0.6 is 11.3 Å². The molecule has 0 radical (unpaired) electrons. The highest BCUT2D eigenvalue weighted by Crippen LogP contribution is 2.32. The maximum absolute atomic E-state index is 13.6. The van der Waals surface area contributed by atoms with Crippen LogP contribution in [0.2, 0.25) is 0 Å². The summed E-state index contributed by atoms with van der Waals surface area (Å²) in [7, 11) is 0. The molecule has 1 heterocycles. The van der Waals surface area contributed by atoms with Gasteiger partial charge in [0, 0.05) is 4.88 Å². The fourth-order valence-electron chi connectivity index (χ4n) is 1.89. The first-order chi connectivity index (χ1) is 9.82.